The van der Waals surface area contributed by atoms with Crippen molar-refractivity contribution in [3.05, 3.63) is 17.3 Å². The zero-order valence-electron chi connectivity index (χ0n) is 13.5. The third kappa shape index (κ3) is 2.94. The minimum Gasteiger partial charge on any atom is -0.352 e. The van der Waals surface area contributed by atoms with Crippen molar-refractivity contribution in [1.29, 1.82) is 0 Å². The van der Waals surface area contributed by atoms with E-state index in [1.807, 2.05) is 0 Å². The molecule has 116 valence electrons. The molecule has 0 spiro atoms. The van der Waals surface area contributed by atoms with E-state index in [2.05, 4.69) is 53.9 Å². The van der Waals surface area contributed by atoms with Gasteiger partial charge in [-0.25, -0.2) is 4.98 Å². The zero-order valence-corrected chi connectivity index (χ0v) is 14.3. The minimum atomic E-state index is 0.591. The van der Waals surface area contributed by atoms with Crippen LogP contribution in [0.5, 0.6) is 0 Å². The van der Waals surface area contributed by atoms with Crippen LogP contribution in [0.1, 0.15) is 39.8 Å². The average Bonchev–Trinajstić information content (AvgIpc) is 3.05. The number of anilines is 1. The molecule has 2 atom stereocenters. The summed E-state index contributed by atoms with van der Waals surface area (Å²) in [7, 11) is 0. The molecule has 2 aromatic heterocycles. The predicted octanol–water partition coefficient (Wildman–Crippen LogP) is 3.38. The highest BCUT2D eigenvalue weighted by molar-refractivity contribution is 7.15. The molecule has 5 heteroatoms. The summed E-state index contributed by atoms with van der Waals surface area (Å²) in [6.07, 6.45) is 3.41. The molecule has 0 bridgehead atoms. The molecule has 4 nitrogen and oxygen atoms in total. The number of nitrogens with one attached hydrogen (secondary N) is 1. The normalized spacial score (nSPS) is 22.8. The Kier molecular flexibility index (Phi) is 4.22. The van der Waals surface area contributed by atoms with E-state index >= 15 is 0 Å². The summed E-state index contributed by atoms with van der Waals surface area (Å²) in [5.74, 6) is 2.62. The quantitative estimate of drug-likeness (QED) is 0.919. The van der Waals surface area contributed by atoms with Crippen LogP contribution in [0.15, 0.2) is 11.6 Å². The van der Waals surface area contributed by atoms with Gasteiger partial charge in [0, 0.05) is 30.7 Å². The van der Waals surface area contributed by atoms with Gasteiger partial charge in [-0.3, -0.25) is 4.40 Å². The van der Waals surface area contributed by atoms with E-state index < -0.39 is 0 Å². The Morgan fingerprint density at radius 3 is 2.90 bits per heavy atom. The summed E-state index contributed by atoms with van der Waals surface area (Å²) in [4.78, 5) is 8.51. The minimum absolute atomic E-state index is 0.591. The molecule has 1 fully saturated rings. The van der Waals surface area contributed by atoms with Crippen LogP contribution in [0.3, 0.4) is 0 Å². The van der Waals surface area contributed by atoms with E-state index in [0.717, 1.165) is 30.5 Å². The average molecular weight is 306 g/mol. The summed E-state index contributed by atoms with van der Waals surface area (Å²) in [6.45, 7) is 12.2. The Balaban J connectivity index is 1.88. The number of imidazole rings is 1. The smallest absolute Gasteiger partial charge is 0.195 e. The molecule has 1 aliphatic rings. The van der Waals surface area contributed by atoms with Crippen molar-refractivity contribution >= 4 is 22.1 Å². The van der Waals surface area contributed by atoms with E-state index in [9.17, 15) is 0 Å². The van der Waals surface area contributed by atoms with Crippen LogP contribution in [0.25, 0.3) is 4.96 Å². The van der Waals surface area contributed by atoms with Gasteiger partial charge in [-0.05, 0) is 31.7 Å². The van der Waals surface area contributed by atoms with Gasteiger partial charge in [0.25, 0.3) is 0 Å². The Labute approximate surface area is 131 Å². The highest BCUT2D eigenvalue weighted by Crippen LogP contribution is 2.32. The topological polar surface area (TPSA) is 32.6 Å². The van der Waals surface area contributed by atoms with E-state index in [0.29, 0.717) is 12.0 Å². The molecule has 0 aliphatic carbocycles. The second kappa shape index (κ2) is 5.97. The summed E-state index contributed by atoms with van der Waals surface area (Å²) in [6, 6.07) is 0.591. The van der Waals surface area contributed by atoms with Crippen molar-refractivity contribution in [3.8, 4) is 0 Å². The van der Waals surface area contributed by atoms with Crippen molar-refractivity contribution in [1.82, 2.24) is 14.7 Å². The number of hydrogen-bond donors (Lipinski definition) is 1. The van der Waals surface area contributed by atoms with Crippen LogP contribution < -0.4 is 10.2 Å². The predicted molar refractivity (Wildman–Crippen MR) is 90.2 cm³/mol. The maximum Gasteiger partial charge on any atom is 0.195 e. The van der Waals surface area contributed by atoms with Crippen molar-refractivity contribution in [2.75, 3.05) is 18.0 Å². The lowest BCUT2D eigenvalue weighted by Crippen LogP contribution is -2.29. The highest BCUT2D eigenvalue weighted by atomic mass is 32.1. The Morgan fingerprint density at radius 2 is 2.24 bits per heavy atom. The first-order valence-electron chi connectivity index (χ1n) is 7.98. The molecule has 21 heavy (non-hydrogen) atoms. The van der Waals surface area contributed by atoms with Crippen LogP contribution in [-0.2, 0) is 6.54 Å². The Bertz CT molecular complexity index is 600. The molecule has 0 amide bonds. The van der Waals surface area contributed by atoms with Crippen LogP contribution >= 0.6 is 11.3 Å². The van der Waals surface area contributed by atoms with Crippen LogP contribution in [0.4, 0.5) is 5.82 Å². The first-order valence-corrected chi connectivity index (χ1v) is 8.86. The summed E-state index contributed by atoms with van der Waals surface area (Å²) >= 11 is 1.72. The second-order valence-corrected chi connectivity index (χ2v) is 7.68. The molecule has 0 saturated carbocycles. The zero-order chi connectivity index (χ0) is 15.0. The number of fused-ring (bicyclic) bond motifs is 1. The van der Waals surface area contributed by atoms with E-state index in [1.165, 1.54) is 17.9 Å². The van der Waals surface area contributed by atoms with Gasteiger partial charge in [0.2, 0.25) is 0 Å². The van der Waals surface area contributed by atoms with E-state index in [1.54, 1.807) is 11.3 Å². The lowest BCUT2D eigenvalue weighted by molar-refractivity contribution is 0.546. The van der Waals surface area contributed by atoms with Crippen molar-refractivity contribution in [2.24, 2.45) is 11.8 Å². The number of rotatable bonds is 5. The van der Waals surface area contributed by atoms with Crippen molar-refractivity contribution in [2.45, 2.75) is 46.7 Å². The van der Waals surface area contributed by atoms with Gasteiger partial charge in [0.05, 0.1) is 5.69 Å². The van der Waals surface area contributed by atoms with Gasteiger partial charge in [-0.15, -0.1) is 11.3 Å². The number of thiazole rings is 1. The number of hydrogen-bond acceptors (Lipinski definition) is 4. The maximum absolute atomic E-state index is 4.90. The van der Waals surface area contributed by atoms with Crippen LogP contribution in [0.2, 0.25) is 0 Å². The highest BCUT2D eigenvalue weighted by Gasteiger charge is 2.30. The van der Waals surface area contributed by atoms with Gasteiger partial charge < -0.3 is 10.2 Å². The lowest BCUT2D eigenvalue weighted by atomic mass is 10.1. The maximum atomic E-state index is 4.90. The van der Waals surface area contributed by atoms with Crippen LogP contribution in [-0.4, -0.2) is 28.5 Å². The first-order chi connectivity index (χ1) is 10.1. The van der Waals surface area contributed by atoms with E-state index in [4.69, 9.17) is 4.98 Å². The third-order valence-corrected chi connectivity index (χ3v) is 5.00. The van der Waals surface area contributed by atoms with Crippen molar-refractivity contribution < 1.29 is 0 Å². The summed E-state index contributed by atoms with van der Waals surface area (Å²) in [5, 5.41) is 5.70. The summed E-state index contributed by atoms with van der Waals surface area (Å²) in [5.41, 5.74) is 1.31. The molecular weight excluding hydrogens is 280 g/mol. The monoisotopic (exact) mass is 306 g/mol. The molecule has 3 rings (SSSR count). The molecule has 2 unspecified atom stereocenters. The molecule has 0 radical (unpaired) electrons. The molecule has 1 N–H and O–H groups in total. The lowest BCUT2D eigenvalue weighted by Gasteiger charge is -2.23. The van der Waals surface area contributed by atoms with Gasteiger partial charge in [0.1, 0.15) is 0 Å². The summed E-state index contributed by atoms with van der Waals surface area (Å²) < 4.78 is 2.25. The number of aromatic nitrogens is 2. The molecule has 3 heterocycles. The number of nitrogens with zero attached hydrogens (tertiary/aromatic N) is 3. The SMILES string of the molecule is CC(C)CNCc1c(N2CC(C)CC2C)nc2sccn12. The molecule has 1 saturated heterocycles. The van der Waals surface area contributed by atoms with Crippen LogP contribution in [0, 0.1) is 11.8 Å². The Hall–Kier alpha value is -1.07. The Morgan fingerprint density at radius 1 is 1.43 bits per heavy atom. The first kappa shape index (κ1) is 14.9. The largest absolute Gasteiger partial charge is 0.352 e. The van der Waals surface area contributed by atoms with Gasteiger partial charge in [-0.2, -0.15) is 0 Å². The third-order valence-electron chi connectivity index (χ3n) is 4.24. The molecular formula is C16H26N4S. The fraction of sp³-hybridized carbons (Fsp3) is 0.688. The fourth-order valence-corrected chi connectivity index (χ4v) is 4.02. The van der Waals surface area contributed by atoms with Gasteiger partial charge in [-0.1, -0.05) is 20.8 Å². The standard InChI is InChI=1S/C16H26N4S/c1-11(2)8-17-9-14-15(18-16-19(14)5-6-21-16)20-10-12(3)7-13(20)4/h5-6,11-13,17H,7-10H2,1-4H3. The van der Waals surface area contributed by atoms with E-state index in [-0.39, 0.29) is 0 Å². The molecule has 2 aromatic rings. The van der Waals surface area contributed by atoms with Gasteiger partial charge in [0.15, 0.2) is 10.8 Å². The fourth-order valence-electron chi connectivity index (χ4n) is 3.29. The molecule has 0 aromatic carbocycles. The van der Waals surface area contributed by atoms with Crippen molar-refractivity contribution in [3.63, 3.8) is 0 Å². The van der Waals surface area contributed by atoms with Gasteiger partial charge >= 0.3 is 0 Å². The molecule has 1 aliphatic heterocycles. The second-order valence-electron chi connectivity index (χ2n) is 6.80.